The molecule has 1 heterocycles. The summed E-state index contributed by atoms with van der Waals surface area (Å²) in [6.07, 6.45) is 0.433. The average molecular weight is 405 g/mol. The molecule has 1 aromatic rings. The van der Waals surface area contributed by atoms with Crippen molar-refractivity contribution >= 4 is 5.96 Å². The van der Waals surface area contributed by atoms with Gasteiger partial charge in [0.25, 0.3) is 0 Å². The standard InChI is InChI=1S/C23H40N4O2/c1-6-24-23(26-14-22-16-27(10-11-28-22)15-18(2)3)25-13-20-8-7-9-21(12-20)17-29-19(4)5/h7-9,12,18-19,22H,6,10-11,13-17H2,1-5H3,(H2,24,25,26). The number of hydrogen-bond acceptors (Lipinski definition) is 4. The second-order valence-corrected chi connectivity index (χ2v) is 8.40. The van der Waals surface area contributed by atoms with E-state index in [0.29, 0.717) is 19.1 Å². The molecule has 0 bridgehead atoms. The van der Waals surface area contributed by atoms with Crippen LogP contribution in [0.4, 0.5) is 0 Å². The van der Waals surface area contributed by atoms with E-state index in [1.807, 2.05) is 0 Å². The van der Waals surface area contributed by atoms with E-state index in [4.69, 9.17) is 14.5 Å². The van der Waals surface area contributed by atoms with Crippen LogP contribution < -0.4 is 10.6 Å². The van der Waals surface area contributed by atoms with Crippen molar-refractivity contribution < 1.29 is 9.47 Å². The summed E-state index contributed by atoms with van der Waals surface area (Å²) in [5.41, 5.74) is 2.37. The Morgan fingerprint density at radius 3 is 2.76 bits per heavy atom. The molecular weight excluding hydrogens is 364 g/mol. The minimum absolute atomic E-state index is 0.197. The van der Waals surface area contributed by atoms with Gasteiger partial charge in [-0.3, -0.25) is 4.90 Å². The van der Waals surface area contributed by atoms with Gasteiger partial charge in [0.1, 0.15) is 0 Å². The summed E-state index contributed by atoms with van der Waals surface area (Å²) in [7, 11) is 0. The van der Waals surface area contributed by atoms with Crippen molar-refractivity contribution in [3.63, 3.8) is 0 Å². The predicted octanol–water partition coefficient (Wildman–Crippen LogP) is 3.02. The van der Waals surface area contributed by atoms with Crippen molar-refractivity contribution in [2.24, 2.45) is 10.9 Å². The molecule has 6 nitrogen and oxygen atoms in total. The van der Waals surface area contributed by atoms with Crippen LogP contribution in [0, 0.1) is 5.92 Å². The van der Waals surface area contributed by atoms with Crippen molar-refractivity contribution in [2.45, 2.75) is 60.0 Å². The summed E-state index contributed by atoms with van der Waals surface area (Å²) < 4.78 is 11.6. The molecular formula is C23H40N4O2. The van der Waals surface area contributed by atoms with E-state index < -0.39 is 0 Å². The maximum absolute atomic E-state index is 5.94. The van der Waals surface area contributed by atoms with Gasteiger partial charge in [0.2, 0.25) is 0 Å². The second kappa shape index (κ2) is 12.8. The first-order chi connectivity index (χ1) is 14.0. The lowest BCUT2D eigenvalue weighted by atomic mass is 10.1. The molecule has 0 spiro atoms. The van der Waals surface area contributed by atoms with E-state index >= 15 is 0 Å². The Balaban J connectivity index is 1.87. The second-order valence-electron chi connectivity index (χ2n) is 8.40. The van der Waals surface area contributed by atoms with E-state index in [0.717, 1.165) is 45.3 Å². The van der Waals surface area contributed by atoms with Crippen LogP contribution in [-0.4, -0.2) is 62.4 Å². The first kappa shape index (κ1) is 23.6. The first-order valence-electron chi connectivity index (χ1n) is 11.0. The molecule has 0 aromatic heterocycles. The van der Waals surface area contributed by atoms with Gasteiger partial charge in [0, 0.05) is 32.7 Å². The molecule has 29 heavy (non-hydrogen) atoms. The van der Waals surface area contributed by atoms with Crippen molar-refractivity contribution in [1.29, 1.82) is 0 Å². The monoisotopic (exact) mass is 404 g/mol. The van der Waals surface area contributed by atoms with Crippen LogP contribution in [0.5, 0.6) is 0 Å². The Morgan fingerprint density at radius 2 is 2.03 bits per heavy atom. The molecule has 1 aliphatic rings. The number of benzene rings is 1. The van der Waals surface area contributed by atoms with Crippen LogP contribution in [0.2, 0.25) is 0 Å². The lowest BCUT2D eigenvalue weighted by Crippen LogP contribution is -2.50. The van der Waals surface area contributed by atoms with Crippen molar-refractivity contribution in [3.05, 3.63) is 35.4 Å². The van der Waals surface area contributed by atoms with Gasteiger partial charge in [-0.15, -0.1) is 0 Å². The average Bonchev–Trinajstić information content (AvgIpc) is 2.68. The quantitative estimate of drug-likeness (QED) is 0.464. The molecule has 6 heteroatoms. The molecule has 1 atom stereocenters. The molecule has 164 valence electrons. The summed E-state index contributed by atoms with van der Waals surface area (Å²) in [6.45, 7) is 17.5. The number of guanidine groups is 1. The van der Waals surface area contributed by atoms with Gasteiger partial charge < -0.3 is 20.1 Å². The zero-order valence-electron chi connectivity index (χ0n) is 18.9. The zero-order chi connectivity index (χ0) is 21.1. The summed E-state index contributed by atoms with van der Waals surface area (Å²) >= 11 is 0. The van der Waals surface area contributed by atoms with E-state index in [9.17, 15) is 0 Å². The number of nitrogens with one attached hydrogen (secondary N) is 2. The zero-order valence-corrected chi connectivity index (χ0v) is 18.9. The van der Waals surface area contributed by atoms with Gasteiger partial charge >= 0.3 is 0 Å². The minimum atomic E-state index is 0.197. The van der Waals surface area contributed by atoms with Gasteiger partial charge in [-0.1, -0.05) is 38.1 Å². The van der Waals surface area contributed by atoms with Crippen LogP contribution in [0.15, 0.2) is 29.3 Å². The highest BCUT2D eigenvalue weighted by atomic mass is 16.5. The van der Waals surface area contributed by atoms with E-state index in [-0.39, 0.29) is 12.2 Å². The van der Waals surface area contributed by atoms with Gasteiger partial charge in [0.05, 0.1) is 32.0 Å². The van der Waals surface area contributed by atoms with Crippen LogP contribution in [0.1, 0.15) is 45.7 Å². The number of ether oxygens (including phenoxy) is 2. The first-order valence-corrected chi connectivity index (χ1v) is 11.0. The van der Waals surface area contributed by atoms with Gasteiger partial charge in [-0.25, -0.2) is 4.99 Å². The molecule has 0 radical (unpaired) electrons. The van der Waals surface area contributed by atoms with Crippen LogP contribution in [0.25, 0.3) is 0 Å². The third-order valence-corrected chi connectivity index (χ3v) is 4.68. The number of nitrogens with zero attached hydrogens (tertiary/aromatic N) is 2. The fraction of sp³-hybridized carbons (Fsp3) is 0.696. The Hall–Kier alpha value is -1.63. The Kier molecular flexibility index (Phi) is 10.5. The molecule has 2 N–H and O–H groups in total. The molecule has 1 saturated heterocycles. The maximum atomic E-state index is 5.94. The van der Waals surface area contributed by atoms with E-state index in [2.05, 4.69) is 74.4 Å². The molecule has 0 saturated carbocycles. The number of aliphatic imine (C=N–C) groups is 1. The fourth-order valence-corrected chi connectivity index (χ4v) is 3.39. The molecule has 0 aliphatic carbocycles. The Morgan fingerprint density at radius 1 is 1.24 bits per heavy atom. The highest BCUT2D eigenvalue weighted by Crippen LogP contribution is 2.10. The predicted molar refractivity (Wildman–Crippen MR) is 120 cm³/mol. The van der Waals surface area contributed by atoms with Crippen LogP contribution >= 0.6 is 0 Å². The molecule has 1 unspecified atom stereocenters. The van der Waals surface area contributed by atoms with Gasteiger partial charge in [0.15, 0.2) is 5.96 Å². The number of morpholine rings is 1. The molecule has 2 rings (SSSR count). The van der Waals surface area contributed by atoms with Crippen molar-refractivity contribution in [3.8, 4) is 0 Å². The summed E-state index contributed by atoms with van der Waals surface area (Å²) in [5, 5.41) is 6.79. The largest absolute Gasteiger partial charge is 0.374 e. The minimum Gasteiger partial charge on any atom is -0.374 e. The topological polar surface area (TPSA) is 58.1 Å². The molecule has 1 fully saturated rings. The Labute approximate surface area is 177 Å². The SMILES string of the molecule is CCNC(=NCc1cccc(COC(C)C)c1)NCC1CN(CC(C)C)CCO1. The number of rotatable bonds is 10. The third-order valence-electron chi connectivity index (χ3n) is 4.68. The maximum Gasteiger partial charge on any atom is 0.191 e. The third kappa shape index (κ3) is 9.61. The summed E-state index contributed by atoms with van der Waals surface area (Å²) in [6, 6.07) is 8.45. The molecule has 0 amide bonds. The fourth-order valence-electron chi connectivity index (χ4n) is 3.39. The van der Waals surface area contributed by atoms with Crippen molar-refractivity contribution in [1.82, 2.24) is 15.5 Å². The summed E-state index contributed by atoms with van der Waals surface area (Å²) in [5.74, 6) is 1.52. The highest BCUT2D eigenvalue weighted by molar-refractivity contribution is 5.79. The smallest absolute Gasteiger partial charge is 0.191 e. The van der Waals surface area contributed by atoms with Crippen LogP contribution in [0.3, 0.4) is 0 Å². The van der Waals surface area contributed by atoms with Gasteiger partial charge in [-0.05, 0) is 37.8 Å². The van der Waals surface area contributed by atoms with E-state index in [1.165, 1.54) is 11.1 Å². The lowest BCUT2D eigenvalue weighted by Gasteiger charge is -2.34. The number of hydrogen-bond donors (Lipinski definition) is 2. The van der Waals surface area contributed by atoms with E-state index in [1.54, 1.807) is 0 Å². The Bertz CT molecular complexity index is 619. The highest BCUT2D eigenvalue weighted by Gasteiger charge is 2.21. The molecule has 1 aliphatic heterocycles. The van der Waals surface area contributed by atoms with Gasteiger partial charge in [-0.2, -0.15) is 0 Å². The lowest BCUT2D eigenvalue weighted by molar-refractivity contribution is -0.0284. The van der Waals surface area contributed by atoms with Crippen molar-refractivity contribution in [2.75, 3.05) is 39.3 Å². The van der Waals surface area contributed by atoms with Crippen LogP contribution in [-0.2, 0) is 22.6 Å². The summed E-state index contributed by atoms with van der Waals surface area (Å²) in [4.78, 5) is 7.25. The molecule has 1 aromatic carbocycles. The normalized spacial score (nSPS) is 18.4.